The standard InChI is InChI=1S/C10H10O3S/c1-6-3-4-7(14-2)5-8(6)9(11)10(12)13/h3-5H,1-2H3,(H,12,13). The first kappa shape index (κ1) is 10.8. The van der Waals surface area contributed by atoms with Crippen LogP contribution in [0.4, 0.5) is 0 Å². The molecule has 0 fully saturated rings. The fourth-order valence-corrected chi connectivity index (χ4v) is 1.53. The average molecular weight is 210 g/mol. The van der Waals surface area contributed by atoms with Crippen LogP contribution in [0.25, 0.3) is 0 Å². The molecule has 1 rings (SSSR count). The van der Waals surface area contributed by atoms with Crippen LogP contribution < -0.4 is 0 Å². The molecule has 0 atom stereocenters. The molecule has 0 unspecified atom stereocenters. The van der Waals surface area contributed by atoms with Crippen LogP contribution in [0.1, 0.15) is 15.9 Å². The summed E-state index contributed by atoms with van der Waals surface area (Å²) in [5.41, 5.74) is 0.958. The number of rotatable bonds is 3. The van der Waals surface area contributed by atoms with Crippen molar-refractivity contribution in [2.45, 2.75) is 11.8 Å². The number of carboxylic acids is 1. The van der Waals surface area contributed by atoms with Gasteiger partial charge in [0.25, 0.3) is 5.78 Å². The van der Waals surface area contributed by atoms with E-state index in [0.29, 0.717) is 5.56 Å². The number of Topliss-reactive ketones (excluding diaryl/α,β-unsaturated/α-hetero) is 1. The second-order valence-electron chi connectivity index (χ2n) is 2.82. The van der Waals surface area contributed by atoms with Gasteiger partial charge in [-0.15, -0.1) is 11.8 Å². The summed E-state index contributed by atoms with van der Waals surface area (Å²) < 4.78 is 0. The van der Waals surface area contributed by atoms with Gasteiger partial charge in [0.05, 0.1) is 0 Å². The van der Waals surface area contributed by atoms with Gasteiger partial charge >= 0.3 is 5.97 Å². The van der Waals surface area contributed by atoms with Crippen LogP contribution in [-0.2, 0) is 4.79 Å². The number of benzene rings is 1. The first-order valence-electron chi connectivity index (χ1n) is 3.98. The van der Waals surface area contributed by atoms with E-state index < -0.39 is 11.8 Å². The second kappa shape index (κ2) is 4.28. The van der Waals surface area contributed by atoms with Crippen LogP contribution in [0, 0.1) is 6.92 Å². The zero-order valence-electron chi connectivity index (χ0n) is 7.90. The van der Waals surface area contributed by atoms with Crippen molar-refractivity contribution in [3.05, 3.63) is 29.3 Å². The predicted octanol–water partition coefficient (Wildman–Crippen LogP) is 1.98. The van der Waals surface area contributed by atoms with Gasteiger partial charge < -0.3 is 5.11 Å². The third-order valence-electron chi connectivity index (χ3n) is 1.88. The number of aliphatic carboxylic acids is 1. The lowest BCUT2D eigenvalue weighted by atomic mass is 10.1. The molecule has 0 saturated heterocycles. The molecule has 0 amide bonds. The van der Waals surface area contributed by atoms with E-state index in [4.69, 9.17) is 5.11 Å². The highest BCUT2D eigenvalue weighted by Gasteiger charge is 2.16. The molecule has 4 heteroatoms. The van der Waals surface area contributed by atoms with E-state index >= 15 is 0 Å². The Morgan fingerprint density at radius 3 is 2.50 bits per heavy atom. The number of carboxylic acid groups (broad SMARTS) is 1. The minimum Gasteiger partial charge on any atom is -0.475 e. The van der Waals surface area contributed by atoms with Gasteiger partial charge in [0.15, 0.2) is 0 Å². The lowest BCUT2D eigenvalue weighted by molar-refractivity contribution is -0.131. The summed E-state index contributed by atoms with van der Waals surface area (Å²) in [5, 5.41) is 8.57. The molecular formula is C10H10O3S. The van der Waals surface area contributed by atoms with Crippen LogP contribution in [0.2, 0.25) is 0 Å². The molecule has 74 valence electrons. The quantitative estimate of drug-likeness (QED) is 0.471. The Balaban J connectivity index is 3.19. The Kier molecular flexibility index (Phi) is 3.30. The van der Waals surface area contributed by atoms with E-state index in [1.54, 1.807) is 19.1 Å². The van der Waals surface area contributed by atoms with E-state index in [9.17, 15) is 9.59 Å². The summed E-state index contributed by atoms with van der Waals surface area (Å²) in [5.74, 6) is -2.26. The Morgan fingerprint density at radius 2 is 2.00 bits per heavy atom. The molecule has 0 aliphatic carbocycles. The molecule has 14 heavy (non-hydrogen) atoms. The lowest BCUT2D eigenvalue weighted by Gasteiger charge is -2.03. The van der Waals surface area contributed by atoms with Gasteiger partial charge in [-0.1, -0.05) is 6.07 Å². The Bertz CT molecular complexity index is 385. The Labute approximate surface area is 86.1 Å². The summed E-state index contributed by atoms with van der Waals surface area (Å²) in [6.07, 6.45) is 1.87. The molecule has 0 aliphatic rings. The average Bonchev–Trinajstić information content (AvgIpc) is 2.17. The van der Waals surface area contributed by atoms with Gasteiger partial charge in [0, 0.05) is 10.5 Å². The summed E-state index contributed by atoms with van der Waals surface area (Å²) in [7, 11) is 0. The number of hydrogen-bond donors (Lipinski definition) is 1. The van der Waals surface area contributed by atoms with Crippen molar-refractivity contribution in [1.82, 2.24) is 0 Å². The van der Waals surface area contributed by atoms with E-state index in [0.717, 1.165) is 4.90 Å². The monoisotopic (exact) mass is 210 g/mol. The molecule has 3 nitrogen and oxygen atoms in total. The molecule has 0 spiro atoms. The van der Waals surface area contributed by atoms with Gasteiger partial charge in [-0.2, -0.15) is 0 Å². The molecule has 0 saturated carbocycles. The van der Waals surface area contributed by atoms with Gasteiger partial charge in [-0.3, -0.25) is 4.79 Å². The molecule has 1 aromatic carbocycles. The van der Waals surface area contributed by atoms with E-state index in [-0.39, 0.29) is 5.56 Å². The zero-order chi connectivity index (χ0) is 10.7. The number of thioether (sulfide) groups is 1. The number of carbonyl (C=O) groups excluding carboxylic acids is 1. The SMILES string of the molecule is CSc1ccc(C)c(C(=O)C(=O)O)c1. The van der Waals surface area contributed by atoms with Crippen molar-refractivity contribution in [3.8, 4) is 0 Å². The largest absolute Gasteiger partial charge is 0.475 e. The summed E-state index contributed by atoms with van der Waals surface area (Å²) >= 11 is 1.48. The summed E-state index contributed by atoms with van der Waals surface area (Å²) in [4.78, 5) is 22.6. The highest BCUT2D eigenvalue weighted by atomic mass is 32.2. The van der Waals surface area contributed by atoms with Crippen LogP contribution in [0.15, 0.2) is 23.1 Å². The van der Waals surface area contributed by atoms with Crippen molar-refractivity contribution in [2.75, 3.05) is 6.26 Å². The van der Waals surface area contributed by atoms with Crippen LogP contribution in [-0.4, -0.2) is 23.1 Å². The van der Waals surface area contributed by atoms with Gasteiger partial charge in [-0.05, 0) is 30.9 Å². The molecule has 0 aliphatic heterocycles. The third kappa shape index (κ3) is 2.14. The predicted molar refractivity (Wildman–Crippen MR) is 54.9 cm³/mol. The van der Waals surface area contributed by atoms with Crippen molar-refractivity contribution in [1.29, 1.82) is 0 Å². The number of carbonyl (C=O) groups is 2. The maximum atomic E-state index is 11.2. The summed E-state index contributed by atoms with van der Waals surface area (Å²) in [6.45, 7) is 1.72. The van der Waals surface area contributed by atoms with E-state index in [2.05, 4.69) is 0 Å². The maximum absolute atomic E-state index is 11.2. The molecule has 1 N–H and O–H groups in total. The maximum Gasteiger partial charge on any atom is 0.377 e. The van der Waals surface area contributed by atoms with Gasteiger partial charge in [0.1, 0.15) is 0 Å². The molecule has 0 heterocycles. The fourth-order valence-electron chi connectivity index (χ4n) is 1.09. The van der Waals surface area contributed by atoms with Crippen molar-refractivity contribution in [3.63, 3.8) is 0 Å². The van der Waals surface area contributed by atoms with Crippen LogP contribution in [0.3, 0.4) is 0 Å². The second-order valence-corrected chi connectivity index (χ2v) is 3.69. The highest BCUT2D eigenvalue weighted by Crippen LogP contribution is 2.19. The molecule has 0 radical (unpaired) electrons. The van der Waals surface area contributed by atoms with Gasteiger partial charge in [0.2, 0.25) is 0 Å². The first-order chi connectivity index (χ1) is 6.56. The summed E-state index contributed by atoms with van der Waals surface area (Å²) in [6, 6.07) is 5.22. The minimum absolute atomic E-state index is 0.268. The molecule has 0 aromatic heterocycles. The van der Waals surface area contributed by atoms with Crippen molar-refractivity contribution >= 4 is 23.5 Å². The number of ketones is 1. The lowest BCUT2D eigenvalue weighted by Crippen LogP contribution is -2.14. The molecule has 0 bridgehead atoms. The normalized spacial score (nSPS) is 9.86. The fraction of sp³-hybridized carbons (Fsp3) is 0.200. The smallest absolute Gasteiger partial charge is 0.377 e. The third-order valence-corrected chi connectivity index (χ3v) is 2.61. The first-order valence-corrected chi connectivity index (χ1v) is 5.21. The van der Waals surface area contributed by atoms with Crippen molar-refractivity contribution in [2.24, 2.45) is 0 Å². The van der Waals surface area contributed by atoms with Crippen LogP contribution in [0.5, 0.6) is 0 Å². The molecular weight excluding hydrogens is 200 g/mol. The van der Waals surface area contributed by atoms with E-state index in [1.807, 2.05) is 12.3 Å². The highest BCUT2D eigenvalue weighted by molar-refractivity contribution is 7.98. The zero-order valence-corrected chi connectivity index (χ0v) is 8.72. The Morgan fingerprint density at radius 1 is 1.36 bits per heavy atom. The molecule has 1 aromatic rings. The number of aryl methyl sites for hydroxylation is 1. The van der Waals surface area contributed by atoms with Crippen molar-refractivity contribution < 1.29 is 14.7 Å². The van der Waals surface area contributed by atoms with E-state index in [1.165, 1.54) is 11.8 Å². The number of hydrogen-bond acceptors (Lipinski definition) is 3. The topological polar surface area (TPSA) is 54.4 Å². The Hall–Kier alpha value is -1.29. The minimum atomic E-state index is -1.41. The van der Waals surface area contributed by atoms with Crippen LogP contribution >= 0.6 is 11.8 Å². The van der Waals surface area contributed by atoms with Gasteiger partial charge in [-0.25, -0.2) is 4.79 Å².